The summed E-state index contributed by atoms with van der Waals surface area (Å²) in [5.41, 5.74) is 10.9. The molecular weight excluding hydrogens is 320 g/mol. The van der Waals surface area contributed by atoms with Crippen molar-refractivity contribution in [3.05, 3.63) is 0 Å². The molecule has 0 saturated carbocycles. The van der Waals surface area contributed by atoms with Crippen molar-refractivity contribution in [3.63, 3.8) is 0 Å². The molecular formula is C15H29ClN4O3. The average molecular weight is 349 g/mol. The third kappa shape index (κ3) is 7.65. The summed E-state index contributed by atoms with van der Waals surface area (Å²) >= 11 is 0. The average Bonchev–Trinajstić information content (AvgIpc) is 2.49. The van der Waals surface area contributed by atoms with E-state index in [0.717, 1.165) is 12.8 Å². The highest BCUT2D eigenvalue weighted by atomic mass is 35.5. The molecule has 8 heteroatoms. The predicted molar refractivity (Wildman–Crippen MR) is 90.8 cm³/mol. The molecule has 2 atom stereocenters. The van der Waals surface area contributed by atoms with Gasteiger partial charge in [0.15, 0.2) is 0 Å². The van der Waals surface area contributed by atoms with Crippen molar-refractivity contribution >= 4 is 30.1 Å². The number of piperidine rings is 1. The lowest BCUT2D eigenvalue weighted by atomic mass is 9.93. The monoisotopic (exact) mass is 348 g/mol. The summed E-state index contributed by atoms with van der Waals surface area (Å²) in [7, 11) is 0. The Hall–Kier alpha value is -1.34. The van der Waals surface area contributed by atoms with Crippen LogP contribution in [0.3, 0.4) is 0 Å². The second-order valence-electron chi connectivity index (χ2n) is 6.34. The zero-order chi connectivity index (χ0) is 16.7. The number of primary amides is 1. The van der Waals surface area contributed by atoms with Crippen LogP contribution in [0.2, 0.25) is 0 Å². The maximum atomic E-state index is 12.2. The highest BCUT2D eigenvalue weighted by molar-refractivity contribution is 5.87. The molecule has 0 aromatic carbocycles. The number of rotatable bonds is 7. The van der Waals surface area contributed by atoms with Gasteiger partial charge in [0.1, 0.15) is 0 Å². The Kier molecular flexibility index (Phi) is 9.83. The van der Waals surface area contributed by atoms with Gasteiger partial charge in [-0.05, 0) is 31.1 Å². The van der Waals surface area contributed by atoms with E-state index < -0.39 is 6.04 Å². The summed E-state index contributed by atoms with van der Waals surface area (Å²) in [5, 5.41) is 2.60. The standard InChI is InChI=1S/C15H28N4O3.ClH/c1-10(2)14(17)15(22)18-8-13(21)19-7-3-4-11(9-19)5-6-12(16)20;/h10-11,14H,3-9,17H2,1-2H3,(H2,16,20)(H,18,22);1H/t11?,14-;/m0./s1. The van der Waals surface area contributed by atoms with Crippen LogP contribution in [-0.2, 0) is 14.4 Å². The van der Waals surface area contributed by atoms with Crippen LogP contribution in [0.1, 0.15) is 39.5 Å². The van der Waals surface area contributed by atoms with E-state index in [9.17, 15) is 14.4 Å². The van der Waals surface area contributed by atoms with Crippen molar-refractivity contribution in [3.8, 4) is 0 Å². The van der Waals surface area contributed by atoms with Gasteiger partial charge in [0.05, 0.1) is 12.6 Å². The number of carbonyl (C=O) groups excluding carboxylic acids is 3. The lowest BCUT2D eigenvalue weighted by Gasteiger charge is -2.33. The van der Waals surface area contributed by atoms with Crippen molar-refractivity contribution < 1.29 is 14.4 Å². The zero-order valence-corrected chi connectivity index (χ0v) is 14.7. The maximum Gasteiger partial charge on any atom is 0.241 e. The highest BCUT2D eigenvalue weighted by Crippen LogP contribution is 2.20. The number of nitrogens with one attached hydrogen (secondary N) is 1. The van der Waals surface area contributed by atoms with Gasteiger partial charge in [-0.1, -0.05) is 13.8 Å². The minimum Gasteiger partial charge on any atom is -0.370 e. The van der Waals surface area contributed by atoms with Crippen LogP contribution in [0.25, 0.3) is 0 Å². The first kappa shape index (κ1) is 21.7. The molecule has 134 valence electrons. The van der Waals surface area contributed by atoms with E-state index in [-0.39, 0.29) is 42.6 Å². The Morgan fingerprint density at radius 1 is 1.30 bits per heavy atom. The molecule has 1 unspecified atom stereocenters. The van der Waals surface area contributed by atoms with Crippen molar-refractivity contribution in [1.82, 2.24) is 10.2 Å². The van der Waals surface area contributed by atoms with E-state index in [0.29, 0.717) is 31.8 Å². The number of hydrogen-bond donors (Lipinski definition) is 3. The highest BCUT2D eigenvalue weighted by Gasteiger charge is 2.25. The van der Waals surface area contributed by atoms with Crippen LogP contribution in [0, 0.1) is 11.8 Å². The maximum absolute atomic E-state index is 12.2. The quantitative estimate of drug-likeness (QED) is 0.600. The summed E-state index contributed by atoms with van der Waals surface area (Å²) in [6.45, 7) is 5.01. The van der Waals surface area contributed by atoms with E-state index in [4.69, 9.17) is 11.5 Å². The number of nitrogens with zero attached hydrogens (tertiary/aromatic N) is 1. The van der Waals surface area contributed by atoms with Gasteiger partial charge in [-0.25, -0.2) is 0 Å². The lowest BCUT2D eigenvalue weighted by Crippen LogP contribution is -2.49. The summed E-state index contributed by atoms with van der Waals surface area (Å²) in [4.78, 5) is 36.5. The zero-order valence-electron chi connectivity index (χ0n) is 13.9. The molecule has 1 saturated heterocycles. The summed E-state index contributed by atoms with van der Waals surface area (Å²) < 4.78 is 0. The lowest BCUT2D eigenvalue weighted by molar-refractivity contribution is -0.134. The van der Waals surface area contributed by atoms with Gasteiger partial charge in [-0.3, -0.25) is 14.4 Å². The van der Waals surface area contributed by atoms with Crippen LogP contribution in [0.5, 0.6) is 0 Å². The summed E-state index contributed by atoms with van der Waals surface area (Å²) in [5.74, 6) is -0.376. The first-order chi connectivity index (χ1) is 10.3. The first-order valence-corrected chi connectivity index (χ1v) is 7.90. The molecule has 7 nitrogen and oxygen atoms in total. The summed E-state index contributed by atoms with van der Waals surface area (Å²) in [6.07, 6.45) is 2.98. The normalized spacial score (nSPS) is 19.0. The molecule has 1 heterocycles. The predicted octanol–water partition coefficient (Wildman–Crippen LogP) is 0.0118. The second kappa shape index (κ2) is 10.4. The topological polar surface area (TPSA) is 119 Å². The third-order valence-corrected chi connectivity index (χ3v) is 4.11. The van der Waals surface area contributed by atoms with Crippen molar-refractivity contribution in [1.29, 1.82) is 0 Å². The van der Waals surface area contributed by atoms with Crippen LogP contribution >= 0.6 is 12.4 Å². The Balaban J connectivity index is 0.00000484. The Morgan fingerprint density at radius 2 is 1.96 bits per heavy atom. The molecule has 1 rings (SSSR count). The second-order valence-corrected chi connectivity index (χ2v) is 6.34. The molecule has 0 aromatic rings. The molecule has 5 N–H and O–H groups in total. The van der Waals surface area contributed by atoms with Gasteiger partial charge in [0.25, 0.3) is 0 Å². The molecule has 1 aliphatic rings. The van der Waals surface area contributed by atoms with E-state index in [2.05, 4.69) is 5.32 Å². The van der Waals surface area contributed by atoms with Gasteiger partial charge >= 0.3 is 0 Å². The fraction of sp³-hybridized carbons (Fsp3) is 0.800. The van der Waals surface area contributed by atoms with Crippen molar-refractivity contribution in [2.75, 3.05) is 19.6 Å². The number of amides is 3. The third-order valence-electron chi connectivity index (χ3n) is 4.11. The molecule has 1 aliphatic heterocycles. The first-order valence-electron chi connectivity index (χ1n) is 7.90. The SMILES string of the molecule is CC(C)[C@H](N)C(=O)NCC(=O)N1CCCC(CCC(N)=O)C1.Cl. The van der Waals surface area contributed by atoms with E-state index in [1.54, 1.807) is 4.90 Å². The van der Waals surface area contributed by atoms with E-state index >= 15 is 0 Å². The van der Waals surface area contributed by atoms with Crippen LogP contribution in [0.15, 0.2) is 0 Å². The van der Waals surface area contributed by atoms with Gasteiger partial charge in [-0.15, -0.1) is 12.4 Å². The number of nitrogens with two attached hydrogens (primary N) is 2. The Labute approximate surface area is 143 Å². The number of hydrogen-bond acceptors (Lipinski definition) is 4. The number of carbonyl (C=O) groups is 3. The molecule has 3 amide bonds. The molecule has 23 heavy (non-hydrogen) atoms. The fourth-order valence-corrected chi connectivity index (χ4v) is 2.57. The number of likely N-dealkylation sites (tertiary alicyclic amines) is 1. The Bertz CT molecular complexity index is 418. The van der Waals surface area contributed by atoms with Gasteiger partial charge < -0.3 is 21.7 Å². The van der Waals surface area contributed by atoms with Crippen LogP contribution in [0.4, 0.5) is 0 Å². The number of halogens is 1. The Morgan fingerprint density at radius 3 is 2.52 bits per heavy atom. The minimum atomic E-state index is -0.600. The minimum absolute atomic E-state index is 0. The van der Waals surface area contributed by atoms with Crippen LogP contribution in [-0.4, -0.2) is 48.3 Å². The molecule has 0 spiro atoms. The van der Waals surface area contributed by atoms with Gasteiger partial charge in [-0.2, -0.15) is 0 Å². The smallest absolute Gasteiger partial charge is 0.241 e. The molecule has 0 radical (unpaired) electrons. The molecule has 1 fully saturated rings. The largest absolute Gasteiger partial charge is 0.370 e. The molecule has 0 aliphatic carbocycles. The molecule has 0 bridgehead atoms. The van der Waals surface area contributed by atoms with Crippen LogP contribution < -0.4 is 16.8 Å². The van der Waals surface area contributed by atoms with Crippen molar-refractivity contribution in [2.24, 2.45) is 23.3 Å². The summed E-state index contributed by atoms with van der Waals surface area (Å²) in [6, 6.07) is -0.600. The fourth-order valence-electron chi connectivity index (χ4n) is 2.57. The van der Waals surface area contributed by atoms with E-state index in [1.165, 1.54) is 0 Å². The van der Waals surface area contributed by atoms with Gasteiger partial charge in [0.2, 0.25) is 17.7 Å². The van der Waals surface area contributed by atoms with Gasteiger partial charge in [0, 0.05) is 19.5 Å². The van der Waals surface area contributed by atoms with Crippen molar-refractivity contribution in [2.45, 2.75) is 45.6 Å². The molecule has 0 aromatic heterocycles. The van der Waals surface area contributed by atoms with E-state index in [1.807, 2.05) is 13.8 Å².